The van der Waals surface area contributed by atoms with Gasteiger partial charge in [-0.1, -0.05) is 6.92 Å². The quantitative estimate of drug-likeness (QED) is 0.772. The lowest BCUT2D eigenvalue weighted by molar-refractivity contribution is 0.386. The Morgan fingerprint density at radius 2 is 2.12 bits per heavy atom. The van der Waals surface area contributed by atoms with Crippen LogP contribution in [0.4, 0.5) is 0 Å². The lowest BCUT2D eigenvalue weighted by Gasteiger charge is -2.21. The summed E-state index contributed by atoms with van der Waals surface area (Å²) in [5.74, 6) is 0. The molecular formula is C11H16N2O2S2. The third kappa shape index (κ3) is 3.06. The molecule has 0 aliphatic carbocycles. The Kier molecular flexibility index (Phi) is 4.69. The van der Waals surface area contributed by atoms with Crippen molar-refractivity contribution >= 4 is 21.4 Å². The Morgan fingerprint density at radius 1 is 1.47 bits per heavy atom. The minimum atomic E-state index is -3.52. The Bertz CT molecular complexity index is 512. The molecule has 0 aromatic carbocycles. The van der Waals surface area contributed by atoms with Crippen LogP contribution in [-0.4, -0.2) is 25.3 Å². The second-order valence-electron chi connectivity index (χ2n) is 3.88. The number of nitrogens with zero attached hydrogens (tertiary/aromatic N) is 2. The van der Waals surface area contributed by atoms with E-state index in [0.29, 0.717) is 4.21 Å². The van der Waals surface area contributed by atoms with Gasteiger partial charge < -0.3 is 0 Å². The van der Waals surface area contributed by atoms with Gasteiger partial charge in [0, 0.05) is 10.9 Å². The molecule has 0 N–H and O–H groups in total. The maximum Gasteiger partial charge on any atom is 0.253 e. The molecule has 0 bridgehead atoms. The second-order valence-corrected chi connectivity index (χ2v) is 7.16. The SMILES string of the molecule is CCc1ccc(S(=O)(=O)N(CC#N)C(C)C)s1. The number of nitriles is 1. The Labute approximate surface area is 107 Å². The monoisotopic (exact) mass is 272 g/mol. The molecule has 0 radical (unpaired) electrons. The molecule has 1 aromatic rings. The third-order valence-corrected chi connectivity index (χ3v) is 6.07. The predicted molar refractivity (Wildman–Crippen MR) is 68.3 cm³/mol. The molecule has 0 aliphatic rings. The molecule has 0 aliphatic heterocycles. The van der Waals surface area contributed by atoms with Gasteiger partial charge in [0.25, 0.3) is 10.0 Å². The smallest absolute Gasteiger partial charge is 0.206 e. The topological polar surface area (TPSA) is 61.2 Å². The van der Waals surface area contributed by atoms with Crippen LogP contribution in [0, 0.1) is 11.3 Å². The van der Waals surface area contributed by atoms with Crippen molar-refractivity contribution in [1.29, 1.82) is 5.26 Å². The fourth-order valence-electron chi connectivity index (χ4n) is 1.42. The van der Waals surface area contributed by atoms with Crippen LogP contribution in [0.15, 0.2) is 16.3 Å². The summed E-state index contributed by atoms with van der Waals surface area (Å²) in [6.45, 7) is 5.41. The first-order valence-electron chi connectivity index (χ1n) is 5.41. The van der Waals surface area contributed by atoms with E-state index in [1.165, 1.54) is 15.6 Å². The average Bonchev–Trinajstić information content (AvgIpc) is 2.74. The molecule has 4 nitrogen and oxygen atoms in total. The van der Waals surface area contributed by atoms with Gasteiger partial charge in [-0.25, -0.2) is 8.42 Å². The van der Waals surface area contributed by atoms with Crippen LogP contribution in [0.25, 0.3) is 0 Å². The highest BCUT2D eigenvalue weighted by atomic mass is 32.2. The summed E-state index contributed by atoms with van der Waals surface area (Å²) in [5.41, 5.74) is 0. The summed E-state index contributed by atoms with van der Waals surface area (Å²) >= 11 is 1.27. The molecular weight excluding hydrogens is 256 g/mol. The molecule has 1 aromatic heterocycles. The van der Waals surface area contributed by atoms with E-state index in [0.717, 1.165) is 11.3 Å². The van der Waals surface area contributed by atoms with Crippen molar-refractivity contribution in [2.24, 2.45) is 0 Å². The van der Waals surface area contributed by atoms with E-state index in [9.17, 15) is 8.42 Å². The van der Waals surface area contributed by atoms with Crippen LogP contribution in [0.5, 0.6) is 0 Å². The minimum absolute atomic E-state index is 0.112. The predicted octanol–water partition coefficient (Wildman–Crippen LogP) is 2.23. The molecule has 94 valence electrons. The van der Waals surface area contributed by atoms with E-state index in [1.54, 1.807) is 19.9 Å². The van der Waals surface area contributed by atoms with Gasteiger partial charge in [-0.05, 0) is 32.4 Å². The molecule has 0 saturated carbocycles. The minimum Gasteiger partial charge on any atom is -0.206 e. The Hall–Kier alpha value is -0.900. The van der Waals surface area contributed by atoms with Gasteiger partial charge in [-0.3, -0.25) is 0 Å². The van der Waals surface area contributed by atoms with Crippen LogP contribution in [0.2, 0.25) is 0 Å². The molecule has 0 fully saturated rings. The first-order valence-corrected chi connectivity index (χ1v) is 7.66. The molecule has 0 unspecified atom stereocenters. The van der Waals surface area contributed by atoms with Crippen LogP contribution in [0.1, 0.15) is 25.6 Å². The summed E-state index contributed by atoms with van der Waals surface area (Å²) in [6, 6.07) is 5.12. The van der Waals surface area contributed by atoms with Crippen LogP contribution >= 0.6 is 11.3 Å². The second kappa shape index (κ2) is 5.63. The fraction of sp³-hybridized carbons (Fsp3) is 0.545. The molecule has 17 heavy (non-hydrogen) atoms. The first kappa shape index (κ1) is 14.2. The molecule has 0 spiro atoms. The maximum atomic E-state index is 12.3. The van der Waals surface area contributed by atoms with Crippen molar-refractivity contribution in [2.45, 2.75) is 37.4 Å². The van der Waals surface area contributed by atoms with Gasteiger partial charge in [0.05, 0.1) is 6.07 Å². The summed E-state index contributed by atoms with van der Waals surface area (Å²) in [6.07, 6.45) is 0.820. The Morgan fingerprint density at radius 3 is 2.53 bits per heavy atom. The molecule has 1 rings (SSSR count). The molecule has 0 amide bonds. The number of sulfonamides is 1. The van der Waals surface area contributed by atoms with E-state index in [2.05, 4.69) is 0 Å². The van der Waals surface area contributed by atoms with E-state index < -0.39 is 10.0 Å². The average molecular weight is 272 g/mol. The molecule has 0 saturated heterocycles. The highest BCUT2D eigenvalue weighted by Crippen LogP contribution is 2.26. The zero-order valence-corrected chi connectivity index (χ0v) is 11.8. The first-order chi connectivity index (χ1) is 7.93. The Balaban J connectivity index is 3.12. The van der Waals surface area contributed by atoms with Crippen molar-refractivity contribution < 1.29 is 8.42 Å². The van der Waals surface area contributed by atoms with Gasteiger partial charge in [0.1, 0.15) is 10.8 Å². The van der Waals surface area contributed by atoms with Crippen molar-refractivity contribution in [3.63, 3.8) is 0 Å². The van der Waals surface area contributed by atoms with E-state index in [4.69, 9.17) is 5.26 Å². The summed E-state index contributed by atoms with van der Waals surface area (Å²) in [4.78, 5) is 1.03. The number of hydrogen-bond donors (Lipinski definition) is 0. The number of thiophene rings is 1. The number of hydrogen-bond acceptors (Lipinski definition) is 4. The molecule has 6 heteroatoms. The number of aryl methyl sites for hydroxylation is 1. The lowest BCUT2D eigenvalue weighted by Crippen LogP contribution is -2.36. The van der Waals surface area contributed by atoms with Gasteiger partial charge in [0.15, 0.2) is 0 Å². The van der Waals surface area contributed by atoms with Crippen LogP contribution in [0.3, 0.4) is 0 Å². The standard InChI is InChI=1S/C11H16N2O2S2/c1-4-10-5-6-11(16-10)17(14,15)13(8-7-12)9(2)3/h5-6,9H,4,8H2,1-3H3. The summed E-state index contributed by atoms with van der Waals surface area (Å²) < 4.78 is 26.1. The van der Waals surface area contributed by atoms with E-state index >= 15 is 0 Å². The molecule has 1 heterocycles. The van der Waals surface area contributed by atoms with Crippen molar-refractivity contribution in [2.75, 3.05) is 6.54 Å². The lowest BCUT2D eigenvalue weighted by atomic mass is 10.4. The normalized spacial score (nSPS) is 12.0. The van der Waals surface area contributed by atoms with E-state index in [-0.39, 0.29) is 12.6 Å². The van der Waals surface area contributed by atoms with Crippen molar-refractivity contribution in [1.82, 2.24) is 4.31 Å². The molecule has 0 atom stereocenters. The van der Waals surface area contributed by atoms with Gasteiger partial charge in [0.2, 0.25) is 0 Å². The van der Waals surface area contributed by atoms with Gasteiger partial charge in [-0.15, -0.1) is 11.3 Å². The fourth-order valence-corrected chi connectivity index (χ4v) is 4.38. The summed E-state index contributed by atoms with van der Waals surface area (Å²) in [7, 11) is -3.52. The highest BCUT2D eigenvalue weighted by Gasteiger charge is 2.28. The zero-order chi connectivity index (χ0) is 13.1. The highest BCUT2D eigenvalue weighted by molar-refractivity contribution is 7.91. The van der Waals surface area contributed by atoms with Crippen molar-refractivity contribution in [3.8, 4) is 6.07 Å². The third-order valence-electron chi connectivity index (χ3n) is 2.35. The van der Waals surface area contributed by atoms with Crippen LogP contribution in [-0.2, 0) is 16.4 Å². The zero-order valence-electron chi connectivity index (χ0n) is 10.2. The van der Waals surface area contributed by atoms with E-state index in [1.807, 2.05) is 19.1 Å². The van der Waals surface area contributed by atoms with Gasteiger partial charge in [-0.2, -0.15) is 9.57 Å². The number of rotatable bonds is 5. The van der Waals surface area contributed by atoms with Crippen molar-refractivity contribution in [3.05, 3.63) is 17.0 Å². The maximum absolute atomic E-state index is 12.3. The van der Waals surface area contributed by atoms with Gasteiger partial charge >= 0.3 is 0 Å². The van der Waals surface area contributed by atoms with Crippen LogP contribution < -0.4 is 0 Å². The summed E-state index contributed by atoms with van der Waals surface area (Å²) in [5, 5.41) is 8.69. The largest absolute Gasteiger partial charge is 0.253 e.